The van der Waals surface area contributed by atoms with Crippen LogP contribution in [-0.2, 0) is 6.61 Å². The molecule has 112 valence electrons. The second kappa shape index (κ2) is 7.12. The largest absolute Gasteiger partial charge is 0.392 e. The fraction of sp³-hybridized carbons (Fsp3) is 0.667. The zero-order chi connectivity index (χ0) is 14.5. The van der Waals surface area contributed by atoms with Crippen molar-refractivity contribution in [1.29, 1.82) is 0 Å². The topological polar surface area (TPSA) is 23.5 Å². The van der Waals surface area contributed by atoms with Crippen molar-refractivity contribution in [2.45, 2.75) is 65.5 Å². The molecule has 0 amide bonds. The molecule has 1 aromatic carbocycles. The van der Waals surface area contributed by atoms with Crippen LogP contribution < -0.4 is 4.90 Å². The molecule has 2 heteroatoms. The normalized spacial score (nSPS) is 16.1. The van der Waals surface area contributed by atoms with Crippen LogP contribution in [0.3, 0.4) is 0 Å². The van der Waals surface area contributed by atoms with Crippen LogP contribution in [0.5, 0.6) is 0 Å². The molecule has 1 saturated carbocycles. The maximum Gasteiger partial charge on any atom is 0.0684 e. The molecule has 0 bridgehead atoms. The van der Waals surface area contributed by atoms with Crippen molar-refractivity contribution in [3.63, 3.8) is 0 Å². The molecule has 1 aliphatic carbocycles. The molecular weight excluding hydrogens is 246 g/mol. The summed E-state index contributed by atoms with van der Waals surface area (Å²) in [6, 6.07) is 7.25. The van der Waals surface area contributed by atoms with Crippen LogP contribution in [0.15, 0.2) is 18.2 Å². The third kappa shape index (κ3) is 3.76. The van der Waals surface area contributed by atoms with Crippen LogP contribution in [0, 0.1) is 12.8 Å². The van der Waals surface area contributed by atoms with E-state index >= 15 is 0 Å². The quantitative estimate of drug-likeness (QED) is 0.837. The maximum absolute atomic E-state index is 9.32. The van der Waals surface area contributed by atoms with E-state index in [0.717, 1.165) is 18.0 Å². The number of hydrogen-bond acceptors (Lipinski definition) is 2. The third-order valence-corrected chi connectivity index (χ3v) is 4.54. The Morgan fingerprint density at radius 2 is 1.95 bits per heavy atom. The number of hydrogen-bond donors (Lipinski definition) is 1. The van der Waals surface area contributed by atoms with Crippen LogP contribution >= 0.6 is 0 Å². The van der Waals surface area contributed by atoms with Gasteiger partial charge in [-0.05, 0) is 55.4 Å². The predicted molar refractivity (Wildman–Crippen MR) is 86.2 cm³/mol. The highest BCUT2D eigenvalue weighted by Gasteiger charge is 2.23. The van der Waals surface area contributed by atoms with Crippen LogP contribution in [-0.4, -0.2) is 17.7 Å². The lowest BCUT2D eigenvalue weighted by Crippen LogP contribution is -2.34. The summed E-state index contributed by atoms with van der Waals surface area (Å²) < 4.78 is 0. The average molecular weight is 275 g/mol. The molecular formula is C18H29NO. The Morgan fingerprint density at radius 1 is 1.25 bits per heavy atom. The van der Waals surface area contributed by atoms with Crippen molar-refractivity contribution in [2.24, 2.45) is 5.92 Å². The summed E-state index contributed by atoms with van der Waals surface area (Å²) in [4.78, 5) is 2.61. The SMILES string of the molecule is Cc1cc(N(CCC(C)C)C2CCCC2)ccc1CO. The fourth-order valence-electron chi connectivity index (χ4n) is 3.17. The summed E-state index contributed by atoms with van der Waals surface area (Å²) in [7, 11) is 0. The van der Waals surface area contributed by atoms with Crippen LogP contribution in [0.1, 0.15) is 57.1 Å². The van der Waals surface area contributed by atoms with Gasteiger partial charge in [-0.1, -0.05) is 32.8 Å². The third-order valence-electron chi connectivity index (χ3n) is 4.54. The van der Waals surface area contributed by atoms with Gasteiger partial charge in [-0.25, -0.2) is 0 Å². The molecule has 1 aromatic rings. The van der Waals surface area contributed by atoms with Gasteiger partial charge in [0.15, 0.2) is 0 Å². The number of aliphatic hydroxyl groups excluding tert-OH is 1. The number of benzene rings is 1. The minimum Gasteiger partial charge on any atom is -0.392 e. The molecule has 2 nitrogen and oxygen atoms in total. The second-order valence-corrected chi connectivity index (χ2v) is 6.58. The molecule has 0 saturated heterocycles. The van der Waals surface area contributed by atoms with Crippen molar-refractivity contribution in [3.05, 3.63) is 29.3 Å². The van der Waals surface area contributed by atoms with Crippen LogP contribution in [0.25, 0.3) is 0 Å². The molecule has 0 atom stereocenters. The molecule has 1 N–H and O–H groups in total. The lowest BCUT2D eigenvalue weighted by Gasteiger charge is -2.32. The number of nitrogens with zero attached hydrogens (tertiary/aromatic N) is 1. The monoisotopic (exact) mass is 275 g/mol. The zero-order valence-corrected chi connectivity index (χ0v) is 13.2. The fourth-order valence-corrected chi connectivity index (χ4v) is 3.17. The maximum atomic E-state index is 9.32. The molecule has 0 spiro atoms. The summed E-state index contributed by atoms with van der Waals surface area (Å²) in [5.41, 5.74) is 3.59. The molecule has 0 heterocycles. The van der Waals surface area contributed by atoms with E-state index in [1.807, 2.05) is 0 Å². The summed E-state index contributed by atoms with van der Waals surface area (Å²) in [6.07, 6.45) is 6.65. The summed E-state index contributed by atoms with van der Waals surface area (Å²) in [5, 5.41) is 9.32. The number of anilines is 1. The molecule has 0 aromatic heterocycles. The first kappa shape index (κ1) is 15.4. The minimum absolute atomic E-state index is 0.140. The summed E-state index contributed by atoms with van der Waals surface area (Å²) in [6.45, 7) is 7.99. The van der Waals surface area contributed by atoms with Crippen molar-refractivity contribution >= 4 is 5.69 Å². The van der Waals surface area contributed by atoms with Gasteiger partial charge < -0.3 is 10.0 Å². The highest BCUT2D eigenvalue weighted by Crippen LogP contribution is 2.30. The first-order valence-electron chi connectivity index (χ1n) is 8.09. The smallest absolute Gasteiger partial charge is 0.0684 e. The Hall–Kier alpha value is -1.02. The average Bonchev–Trinajstić information content (AvgIpc) is 2.93. The number of aliphatic hydroxyl groups is 1. The van der Waals surface area contributed by atoms with E-state index in [-0.39, 0.29) is 6.61 Å². The predicted octanol–water partition coefficient (Wildman–Crippen LogP) is 4.28. The Kier molecular flexibility index (Phi) is 5.47. The number of aryl methyl sites for hydroxylation is 1. The minimum atomic E-state index is 0.140. The van der Waals surface area contributed by atoms with E-state index in [1.165, 1.54) is 43.4 Å². The molecule has 1 fully saturated rings. The van der Waals surface area contributed by atoms with Crippen molar-refractivity contribution in [1.82, 2.24) is 0 Å². The van der Waals surface area contributed by atoms with Gasteiger partial charge in [0, 0.05) is 18.3 Å². The van der Waals surface area contributed by atoms with Gasteiger partial charge in [0.25, 0.3) is 0 Å². The molecule has 0 radical (unpaired) electrons. The first-order valence-corrected chi connectivity index (χ1v) is 8.09. The summed E-state index contributed by atoms with van der Waals surface area (Å²) >= 11 is 0. The van der Waals surface area contributed by atoms with Crippen molar-refractivity contribution in [3.8, 4) is 0 Å². The van der Waals surface area contributed by atoms with E-state index < -0.39 is 0 Å². The Bertz CT molecular complexity index is 421. The van der Waals surface area contributed by atoms with E-state index in [9.17, 15) is 5.11 Å². The molecule has 2 rings (SSSR count). The van der Waals surface area contributed by atoms with Crippen molar-refractivity contribution < 1.29 is 5.11 Å². The van der Waals surface area contributed by atoms with Crippen LogP contribution in [0.2, 0.25) is 0 Å². The molecule has 0 aliphatic heterocycles. The lowest BCUT2D eigenvalue weighted by molar-refractivity contribution is 0.281. The van der Waals surface area contributed by atoms with E-state index in [0.29, 0.717) is 6.04 Å². The Balaban J connectivity index is 2.18. The van der Waals surface area contributed by atoms with E-state index in [2.05, 4.69) is 43.9 Å². The molecule has 0 unspecified atom stereocenters. The highest BCUT2D eigenvalue weighted by molar-refractivity contribution is 5.51. The van der Waals surface area contributed by atoms with Gasteiger partial charge in [-0.2, -0.15) is 0 Å². The van der Waals surface area contributed by atoms with E-state index in [4.69, 9.17) is 0 Å². The van der Waals surface area contributed by atoms with Crippen molar-refractivity contribution in [2.75, 3.05) is 11.4 Å². The highest BCUT2D eigenvalue weighted by atomic mass is 16.3. The van der Waals surface area contributed by atoms with Gasteiger partial charge >= 0.3 is 0 Å². The Morgan fingerprint density at radius 3 is 2.50 bits per heavy atom. The Labute approximate surface area is 123 Å². The molecule has 1 aliphatic rings. The molecule has 20 heavy (non-hydrogen) atoms. The first-order chi connectivity index (χ1) is 9.61. The standard InChI is InChI=1S/C18H29NO/c1-14(2)10-11-19(17-6-4-5-7-17)18-9-8-16(13-20)15(3)12-18/h8-9,12,14,17,20H,4-7,10-11,13H2,1-3H3. The van der Waals surface area contributed by atoms with E-state index in [1.54, 1.807) is 0 Å². The second-order valence-electron chi connectivity index (χ2n) is 6.58. The van der Waals surface area contributed by atoms with Gasteiger partial charge in [0.05, 0.1) is 6.61 Å². The van der Waals surface area contributed by atoms with Crippen LogP contribution in [0.4, 0.5) is 5.69 Å². The van der Waals surface area contributed by atoms with Gasteiger partial charge in [0.2, 0.25) is 0 Å². The number of rotatable bonds is 6. The summed E-state index contributed by atoms with van der Waals surface area (Å²) in [5.74, 6) is 0.747. The van der Waals surface area contributed by atoms with Gasteiger partial charge in [0.1, 0.15) is 0 Å². The lowest BCUT2D eigenvalue weighted by atomic mass is 10.0. The zero-order valence-electron chi connectivity index (χ0n) is 13.2. The van der Waals surface area contributed by atoms with Gasteiger partial charge in [-0.15, -0.1) is 0 Å². The van der Waals surface area contributed by atoms with Gasteiger partial charge in [-0.3, -0.25) is 0 Å².